The molecular formula is C14H16N2O5. The molecule has 2 rings (SSSR count). The molecule has 0 fully saturated rings. The van der Waals surface area contributed by atoms with Gasteiger partial charge in [0, 0.05) is 0 Å². The minimum absolute atomic E-state index is 0.0279. The minimum Gasteiger partial charge on any atom is -0.478 e. The van der Waals surface area contributed by atoms with Crippen molar-refractivity contribution < 1.29 is 24.2 Å². The van der Waals surface area contributed by atoms with Crippen LogP contribution < -0.4 is 10.2 Å². The molecule has 7 nitrogen and oxygen atoms in total. The first kappa shape index (κ1) is 14.8. The lowest BCUT2D eigenvalue weighted by atomic mass is 10.1. The van der Waals surface area contributed by atoms with Crippen molar-refractivity contribution >= 4 is 29.3 Å². The molecule has 0 aromatic heterocycles. The van der Waals surface area contributed by atoms with E-state index in [0.29, 0.717) is 5.69 Å². The molecular weight excluding hydrogens is 276 g/mol. The molecule has 0 saturated heterocycles. The number of nitrogens with one attached hydrogen (secondary N) is 1. The zero-order chi connectivity index (χ0) is 15.8. The lowest BCUT2D eigenvalue weighted by Crippen LogP contribution is -2.44. The zero-order valence-electron chi connectivity index (χ0n) is 12.0. The van der Waals surface area contributed by atoms with Crippen molar-refractivity contribution in [2.75, 3.05) is 16.8 Å². The lowest BCUT2D eigenvalue weighted by Gasteiger charge is -2.31. The first-order chi connectivity index (χ1) is 9.67. The Morgan fingerprint density at radius 2 is 2.00 bits per heavy atom. The van der Waals surface area contributed by atoms with E-state index >= 15 is 0 Å². The average molecular weight is 292 g/mol. The monoisotopic (exact) mass is 292 g/mol. The number of hydrogen-bond donors (Lipinski definition) is 2. The summed E-state index contributed by atoms with van der Waals surface area (Å²) < 4.78 is 5.25. The van der Waals surface area contributed by atoms with Gasteiger partial charge < -0.3 is 15.2 Å². The molecule has 0 aliphatic carbocycles. The number of nitrogens with zero attached hydrogens (tertiary/aromatic N) is 1. The van der Waals surface area contributed by atoms with Gasteiger partial charge in [-0.3, -0.25) is 9.69 Å². The van der Waals surface area contributed by atoms with Gasteiger partial charge in [-0.1, -0.05) is 0 Å². The summed E-state index contributed by atoms with van der Waals surface area (Å²) in [5, 5.41) is 11.5. The van der Waals surface area contributed by atoms with E-state index in [1.165, 1.54) is 23.1 Å². The highest BCUT2D eigenvalue weighted by Crippen LogP contribution is 2.31. The van der Waals surface area contributed by atoms with Crippen molar-refractivity contribution in [3.8, 4) is 0 Å². The highest BCUT2D eigenvalue weighted by Gasteiger charge is 2.31. The van der Waals surface area contributed by atoms with Gasteiger partial charge in [-0.05, 0) is 39.0 Å². The van der Waals surface area contributed by atoms with E-state index in [4.69, 9.17) is 9.84 Å². The molecule has 0 bridgehead atoms. The molecule has 1 aliphatic heterocycles. The van der Waals surface area contributed by atoms with Crippen LogP contribution in [0.4, 0.5) is 16.2 Å². The van der Waals surface area contributed by atoms with Crippen molar-refractivity contribution in [1.29, 1.82) is 0 Å². The molecule has 1 aromatic carbocycles. The van der Waals surface area contributed by atoms with Crippen LogP contribution >= 0.6 is 0 Å². The Labute approximate surface area is 121 Å². The van der Waals surface area contributed by atoms with Crippen molar-refractivity contribution in [2.45, 2.75) is 26.4 Å². The third kappa shape index (κ3) is 3.31. The second-order valence-corrected chi connectivity index (χ2v) is 5.65. The smallest absolute Gasteiger partial charge is 0.415 e. The topological polar surface area (TPSA) is 95.9 Å². The number of carboxylic acids is 1. The van der Waals surface area contributed by atoms with E-state index in [1.54, 1.807) is 20.8 Å². The summed E-state index contributed by atoms with van der Waals surface area (Å²) in [7, 11) is 0. The number of anilines is 2. The molecule has 2 N–H and O–H groups in total. The predicted molar refractivity (Wildman–Crippen MR) is 75.6 cm³/mol. The second kappa shape index (κ2) is 5.08. The highest BCUT2D eigenvalue weighted by molar-refractivity contribution is 6.09. The number of benzene rings is 1. The van der Waals surface area contributed by atoms with Crippen molar-refractivity contribution in [1.82, 2.24) is 0 Å². The number of carboxylic acid groups (broad SMARTS) is 1. The summed E-state index contributed by atoms with van der Waals surface area (Å²) in [5.41, 5.74) is 0.0255. The Balaban J connectivity index is 2.37. The normalized spacial score (nSPS) is 14.2. The Hall–Kier alpha value is -2.57. The number of amides is 2. The van der Waals surface area contributed by atoms with E-state index in [9.17, 15) is 14.4 Å². The van der Waals surface area contributed by atoms with E-state index in [0.717, 1.165) is 0 Å². The molecule has 0 spiro atoms. The largest absolute Gasteiger partial charge is 0.478 e. The molecule has 0 atom stereocenters. The Morgan fingerprint density at radius 1 is 1.33 bits per heavy atom. The van der Waals surface area contributed by atoms with E-state index in [2.05, 4.69) is 5.32 Å². The number of ether oxygens (including phenoxy) is 1. The molecule has 21 heavy (non-hydrogen) atoms. The third-order valence-electron chi connectivity index (χ3n) is 2.72. The number of fused-ring (bicyclic) bond motifs is 1. The fraction of sp³-hybridized carbons (Fsp3) is 0.357. The summed E-state index contributed by atoms with van der Waals surface area (Å²) in [5.74, 6) is -1.52. The summed E-state index contributed by atoms with van der Waals surface area (Å²) >= 11 is 0. The number of rotatable bonds is 1. The van der Waals surface area contributed by atoms with Crippen LogP contribution in [0.2, 0.25) is 0 Å². The van der Waals surface area contributed by atoms with Crippen LogP contribution in [-0.4, -0.2) is 35.2 Å². The number of hydrogen-bond acceptors (Lipinski definition) is 4. The number of carbonyl (C=O) groups excluding carboxylic acids is 2. The maximum absolute atomic E-state index is 12.1. The van der Waals surface area contributed by atoms with Gasteiger partial charge in [0.15, 0.2) is 0 Å². The van der Waals surface area contributed by atoms with E-state index < -0.39 is 23.6 Å². The van der Waals surface area contributed by atoms with E-state index in [-0.39, 0.29) is 17.8 Å². The quantitative estimate of drug-likeness (QED) is 0.826. The number of carbonyl (C=O) groups is 3. The molecule has 1 aliphatic rings. The van der Waals surface area contributed by atoms with Crippen molar-refractivity contribution in [2.24, 2.45) is 0 Å². The van der Waals surface area contributed by atoms with Gasteiger partial charge in [-0.25, -0.2) is 9.59 Å². The first-order valence-corrected chi connectivity index (χ1v) is 6.35. The summed E-state index contributed by atoms with van der Waals surface area (Å²) in [4.78, 5) is 36.0. The van der Waals surface area contributed by atoms with Gasteiger partial charge in [0.05, 0.1) is 16.9 Å². The molecule has 0 saturated carbocycles. The maximum Gasteiger partial charge on any atom is 0.415 e. The van der Waals surface area contributed by atoms with Crippen LogP contribution in [0, 0.1) is 0 Å². The van der Waals surface area contributed by atoms with Crippen LogP contribution in [0.25, 0.3) is 0 Å². The lowest BCUT2D eigenvalue weighted by molar-refractivity contribution is -0.115. The second-order valence-electron chi connectivity index (χ2n) is 5.65. The van der Waals surface area contributed by atoms with E-state index in [1.807, 2.05) is 0 Å². The fourth-order valence-electron chi connectivity index (χ4n) is 1.90. The molecule has 2 amide bonds. The van der Waals surface area contributed by atoms with Crippen LogP contribution in [0.5, 0.6) is 0 Å². The Bertz CT molecular complexity index is 618. The SMILES string of the molecule is CC(C)(C)OC(=O)N1CC(=O)Nc2cc(C(=O)O)ccc21. The van der Waals surface area contributed by atoms with Gasteiger partial charge in [0.1, 0.15) is 12.1 Å². The molecule has 1 heterocycles. The highest BCUT2D eigenvalue weighted by atomic mass is 16.6. The molecule has 0 unspecified atom stereocenters. The third-order valence-corrected chi connectivity index (χ3v) is 2.72. The van der Waals surface area contributed by atoms with Crippen LogP contribution in [0.15, 0.2) is 18.2 Å². The van der Waals surface area contributed by atoms with Gasteiger partial charge in [-0.2, -0.15) is 0 Å². The summed E-state index contributed by atoms with van der Waals surface area (Å²) in [6.07, 6.45) is -0.651. The summed E-state index contributed by atoms with van der Waals surface area (Å²) in [6.45, 7) is 5.00. The summed E-state index contributed by atoms with van der Waals surface area (Å²) in [6, 6.07) is 4.16. The fourth-order valence-corrected chi connectivity index (χ4v) is 1.90. The molecule has 7 heteroatoms. The average Bonchev–Trinajstić information content (AvgIpc) is 2.34. The maximum atomic E-state index is 12.1. The van der Waals surface area contributed by atoms with Crippen LogP contribution in [-0.2, 0) is 9.53 Å². The Kier molecular flexibility index (Phi) is 3.59. The standard InChI is InChI=1S/C14H16N2O5/c1-14(2,3)21-13(20)16-7-11(17)15-9-6-8(12(18)19)4-5-10(9)16/h4-6H,7H2,1-3H3,(H,15,17)(H,18,19). The predicted octanol–water partition coefficient (Wildman–Crippen LogP) is 2.08. The number of aromatic carboxylic acids is 1. The molecule has 112 valence electrons. The van der Waals surface area contributed by atoms with Crippen molar-refractivity contribution in [3.05, 3.63) is 23.8 Å². The van der Waals surface area contributed by atoms with Gasteiger partial charge >= 0.3 is 12.1 Å². The van der Waals surface area contributed by atoms with Crippen LogP contribution in [0.3, 0.4) is 0 Å². The first-order valence-electron chi connectivity index (χ1n) is 6.35. The van der Waals surface area contributed by atoms with Crippen LogP contribution in [0.1, 0.15) is 31.1 Å². The molecule has 0 radical (unpaired) electrons. The zero-order valence-corrected chi connectivity index (χ0v) is 12.0. The van der Waals surface area contributed by atoms with Gasteiger partial charge in [0.25, 0.3) is 0 Å². The van der Waals surface area contributed by atoms with Gasteiger partial charge in [-0.15, -0.1) is 0 Å². The van der Waals surface area contributed by atoms with Crippen molar-refractivity contribution in [3.63, 3.8) is 0 Å². The minimum atomic E-state index is -1.11. The Morgan fingerprint density at radius 3 is 2.57 bits per heavy atom. The van der Waals surface area contributed by atoms with Gasteiger partial charge in [0.2, 0.25) is 5.91 Å². The molecule has 1 aromatic rings.